The van der Waals surface area contributed by atoms with E-state index in [1.54, 1.807) is 18.6 Å². The minimum Gasteiger partial charge on any atom is -0.353 e. The Bertz CT molecular complexity index is 337. The van der Waals surface area contributed by atoms with E-state index in [9.17, 15) is 4.79 Å². The highest BCUT2D eigenvalue weighted by atomic mass is 16.1. The van der Waals surface area contributed by atoms with Crippen LogP contribution < -0.4 is 10.6 Å². The van der Waals surface area contributed by atoms with Crippen molar-refractivity contribution in [3.8, 4) is 0 Å². The number of rotatable bonds is 6. The van der Waals surface area contributed by atoms with Gasteiger partial charge < -0.3 is 10.6 Å². The summed E-state index contributed by atoms with van der Waals surface area (Å²) in [4.78, 5) is 19.4. The molecular weight excluding hydrogens is 204 g/mol. The number of carbonyl (C=O) groups is 1. The fourth-order valence-electron chi connectivity index (χ4n) is 1.37. The largest absolute Gasteiger partial charge is 0.353 e. The zero-order chi connectivity index (χ0) is 11.2. The van der Waals surface area contributed by atoms with Crippen LogP contribution in [0.5, 0.6) is 0 Å². The molecule has 16 heavy (non-hydrogen) atoms. The fourth-order valence-corrected chi connectivity index (χ4v) is 1.37. The molecule has 1 aromatic heterocycles. The van der Waals surface area contributed by atoms with Crippen molar-refractivity contribution in [3.63, 3.8) is 0 Å². The molecule has 2 N–H and O–H groups in total. The maximum absolute atomic E-state index is 11.3. The number of aromatic nitrogens is 2. The topological polar surface area (TPSA) is 66.9 Å². The normalized spacial score (nSPS) is 14.8. The zero-order valence-electron chi connectivity index (χ0n) is 9.15. The molecule has 1 heterocycles. The van der Waals surface area contributed by atoms with Gasteiger partial charge in [-0.05, 0) is 12.8 Å². The van der Waals surface area contributed by atoms with E-state index in [0.29, 0.717) is 25.6 Å². The van der Waals surface area contributed by atoms with Crippen LogP contribution in [-0.4, -0.2) is 28.5 Å². The Morgan fingerprint density at radius 1 is 1.44 bits per heavy atom. The van der Waals surface area contributed by atoms with Gasteiger partial charge in [0.05, 0.1) is 5.69 Å². The lowest BCUT2D eigenvalue weighted by Crippen LogP contribution is -2.29. The van der Waals surface area contributed by atoms with Gasteiger partial charge in [-0.15, -0.1) is 0 Å². The molecule has 0 radical (unpaired) electrons. The molecule has 5 nitrogen and oxygen atoms in total. The summed E-state index contributed by atoms with van der Waals surface area (Å²) in [5, 5.41) is 6.11. The predicted octanol–water partition coefficient (Wildman–Crippen LogP) is 0.235. The van der Waals surface area contributed by atoms with Crippen LogP contribution in [0.15, 0.2) is 18.6 Å². The molecule has 0 atom stereocenters. The maximum Gasteiger partial charge on any atom is 0.221 e. The van der Waals surface area contributed by atoms with Crippen LogP contribution in [0.4, 0.5) is 0 Å². The van der Waals surface area contributed by atoms with Gasteiger partial charge in [0.15, 0.2) is 0 Å². The number of hydrogen-bond donors (Lipinski definition) is 2. The molecule has 5 heteroatoms. The van der Waals surface area contributed by atoms with Crippen LogP contribution in [0.2, 0.25) is 0 Å². The van der Waals surface area contributed by atoms with Gasteiger partial charge in [-0.3, -0.25) is 14.8 Å². The van der Waals surface area contributed by atoms with Gasteiger partial charge in [-0.1, -0.05) is 0 Å². The highest BCUT2D eigenvalue weighted by molar-refractivity contribution is 5.76. The molecule has 1 fully saturated rings. The molecule has 86 valence electrons. The summed E-state index contributed by atoms with van der Waals surface area (Å²) < 4.78 is 0. The second-order valence-electron chi connectivity index (χ2n) is 3.97. The third kappa shape index (κ3) is 3.94. The number of amides is 1. The van der Waals surface area contributed by atoms with Crippen molar-refractivity contribution in [3.05, 3.63) is 24.3 Å². The first kappa shape index (κ1) is 11.0. The molecule has 0 unspecified atom stereocenters. The van der Waals surface area contributed by atoms with Crippen LogP contribution in [-0.2, 0) is 11.3 Å². The predicted molar refractivity (Wildman–Crippen MR) is 59.5 cm³/mol. The van der Waals surface area contributed by atoms with Gasteiger partial charge in [0, 0.05) is 44.1 Å². The van der Waals surface area contributed by atoms with Crippen LogP contribution in [0.3, 0.4) is 0 Å². The summed E-state index contributed by atoms with van der Waals surface area (Å²) in [5.41, 5.74) is 0.894. The third-order valence-electron chi connectivity index (χ3n) is 2.39. The Hall–Kier alpha value is -1.49. The molecule has 0 aromatic carbocycles. The van der Waals surface area contributed by atoms with Gasteiger partial charge in [0.25, 0.3) is 0 Å². The number of carbonyl (C=O) groups excluding carboxylic acids is 1. The first-order chi connectivity index (χ1) is 7.84. The quantitative estimate of drug-likeness (QED) is 0.674. The maximum atomic E-state index is 11.3. The van der Waals surface area contributed by atoms with Crippen LogP contribution >= 0.6 is 0 Å². The second-order valence-corrected chi connectivity index (χ2v) is 3.97. The molecule has 0 saturated heterocycles. The molecule has 1 aromatic rings. The van der Waals surface area contributed by atoms with Crippen molar-refractivity contribution >= 4 is 5.91 Å². The molecule has 0 spiro atoms. The van der Waals surface area contributed by atoms with Crippen LogP contribution in [0.1, 0.15) is 25.0 Å². The van der Waals surface area contributed by atoms with Crippen molar-refractivity contribution in [2.45, 2.75) is 31.8 Å². The van der Waals surface area contributed by atoms with Crippen molar-refractivity contribution in [1.29, 1.82) is 0 Å². The summed E-state index contributed by atoms with van der Waals surface area (Å²) >= 11 is 0. The van der Waals surface area contributed by atoms with E-state index in [0.717, 1.165) is 18.5 Å². The summed E-state index contributed by atoms with van der Waals surface area (Å²) in [6.45, 7) is 1.33. The van der Waals surface area contributed by atoms with Gasteiger partial charge in [0.1, 0.15) is 0 Å². The number of nitrogens with one attached hydrogen (secondary N) is 2. The van der Waals surface area contributed by atoms with Crippen LogP contribution in [0.25, 0.3) is 0 Å². The van der Waals surface area contributed by atoms with Gasteiger partial charge in [-0.2, -0.15) is 0 Å². The summed E-state index contributed by atoms with van der Waals surface area (Å²) in [5.74, 6) is 0.133. The lowest BCUT2D eigenvalue weighted by Gasteiger charge is -2.04. The van der Waals surface area contributed by atoms with E-state index in [4.69, 9.17) is 0 Å². The average molecular weight is 220 g/mol. The van der Waals surface area contributed by atoms with E-state index < -0.39 is 0 Å². The average Bonchev–Trinajstić information content (AvgIpc) is 3.10. The number of nitrogens with zero attached hydrogens (tertiary/aromatic N) is 2. The minimum absolute atomic E-state index is 0.133. The van der Waals surface area contributed by atoms with E-state index in [1.807, 2.05) is 0 Å². The second kappa shape index (κ2) is 5.55. The van der Waals surface area contributed by atoms with Crippen molar-refractivity contribution < 1.29 is 4.79 Å². The van der Waals surface area contributed by atoms with Crippen molar-refractivity contribution in [2.75, 3.05) is 6.54 Å². The molecule has 1 aliphatic carbocycles. The molecule has 1 saturated carbocycles. The van der Waals surface area contributed by atoms with Gasteiger partial charge >= 0.3 is 0 Å². The summed E-state index contributed by atoms with van der Waals surface area (Å²) in [6.07, 6.45) is 7.83. The summed E-state index contributed by atoms with van der Waals surface area (Å²) in [6, 6.07) is 0.451. The first-order valence-electron chi connectivity index (χ1n) is 5.59. The molecule has 0 aliphatic heterocycles. The van der Waals surface area contributed by atoms with Gasteiger partial charge in [0.2, 0.25) is 5.91 Å². The van der Waals surface area contributed by atoms with Crippen molar-refractivity contribution in [1.82, 2.24) is 20.6 Å². The Morgan fingerprint density at radius 3 is 3.00 bits per heavy atom. The smallest absolute Gasteiger partial charge is 0.221 e. The Kier molecular flexibility index (Phi) is 3.82. The third-order valence-corrected chi connectivity index (χ3v) is 2.39. The number of hydrogen-bond acceptors (Lipinski definition) is 4. The van der Waals surface area contributed by atoms with E-state index in [-0.39, 0.29) is 5.91 Å². The molecular formula is C11H16N4O. The monoisotopic (exact) mass is 220 g/mol. The van der Waals surface area contributed by atoms with E-state index in [2.05, 4.69) is 20.6 Å². The van der Waals surface area contributed by atoms with Crippen molar-refractivity contribution in [2.24, 2.45) is 0 Å². The highest BCUT2D eigenvalue weighted by Gasteiger charge is 2.22. The lowest BCUT2D eigenvalue weighted by atomic mass is 10.3. The van der Waals surface area contributed by atoms with Crippen LogP contribution in [0, 0.1) is 0 Å². The fraction of sp³-hybridized carbons (Fsp3) is 0.545. The zero-order valence-corrected chi connectivity index (χ0v) is 9.15. The molecule has 1 amide bonds. The Morgan fingerprint density at radius 2 is 2.31 bits per heavy atom. The van der Waals surface area contributed by atoms with E-state index >= 15 is 0 Å². The molecule has 2 rings (SSSR count). The standard InChI is InChI=1S/C11H16N4O/c16-11(15-9-1-2-9)3-4-12-7-10-8-13-5-6-14-10/h5-6,8-9,12H,1-4,7H2,(H,15,16). The Labute approximate surface area is 94.7 Å². The minimum atomic E-state index is 0.133. The Balaban J connectivity index is 1.56. The molecule has 0 bridgehead atoms. The first-order valence-corrected chi connectivity index (χ1v) is 5.59. The highest BCUT2D eigenvalue weighted by Crippen LogP contribution is 2.18. The molecule has 1 aliphatic rings. The SMILES string of the molecule is O=C(CCNCc1cnccn1)NC1CC1. The van der Waals surface area contributed by atoms with Gasteiger partial charge in [-0.25, -0.2) is 0 Å². The lowest BCUT2D eigenvalue weighted by molar-refractivity contribution is -0.121. The summed E-state index contributed by atoms with van der Waals surface area (Å²) in [7, 11) is 0. The van der Waals surface area contributed by atoms with E-state index in [1.165, 1.54) is 0 Å².